The Balaban J connectivity index is 2.04. The van der Waals surface area contributed by atoms with Gasteiger partial charge in [0, 0.05) is 18.9 Å². The second kappa shape index (κ2) is 13.6. The summed E-state index contributed by atoms with van der Waals surface area (Å²) in [6, 6.07) is 0. The largest absolute Gasteiger partial charge is 0.481 e. The topological polar surface area (TPSA) is 55.8 Å². The lowest BCUT2D eigenvalue weighted by Crippen LogP contribution is -2.18. The molecule has 1 fully saturated rings. The van der Waals surface area contributed by atoms with E-state index >= 15 is 0 Å². The van der Waals surface area contributed by atoms with Crippen molar-refractivity contribution in [1.82, 2.24) is 0 Å². The van der Waals surface area contributed by atoms with Crippen molar-refractivity contribution in [2.24, 2.45) is 11.8 Å². The molecule has 1 aliphatic rings. The molecule has 0 amide bonds. The maximum Gasteiger partial charge on any atom is 0.303 e. The minimum atomic E-state index is -0.713. The lowest BCUT2D eigenvalue weighted by atomic mass is 9.93. The molecule has 1 heterocycles. The van der Waals surface area contributed by atoms with Gasteiger partial charge in [-0.1, -0.05) is 44.8 Å². The van der Waals surface area contributed by atoms with E-state index in [2.05, 4.69) is 19.1 Å². The van der Waals surface area contributed by atoms with E-state index in [0.717, 1.165) is 45.7 Å². The third-order valence-corrected chi connectivity index (χ3v) is 4.42. The van der Waals surface area contributed by atoms with E-state index in [-0.39, 0.29) is 6.42 Å². The summed E-state index contributed by atoms with van der Waals surface area (Å²) < 4.78 is 11.4. The summed E-state index contributed by atoms with van der Waals surface area (Å²) in [4.78, 5) is 10.4. The van der Waals surface area contributed by atoms with Gasteiger partial charge in [-0.2, -0.15) is 0 Å². The molecule has 0 bridgehead atoms. The summed E-state index contributed by atoms with van der Waals surface area (Å²) in [6.07, 6.45) is 13.5. The molecule has 1 rings (SSSR count). The molecule has 0 spiro atoms. The molecule has 23 heavy (non-hydrogen) atoms. The molecule has 4 nitrogen and oxygen atoms in total. The molecule has 4 heteroatoms. The van der Waals surface area contributed by atoms with Crippen LogP contribution in [0.3, 0.4) is 0 Å². The number of carboxylic acid groups (broad SMARTS) is 1. The van der Waals surface area contributed by atoms with Crippen molar-refractivity contribution < 1.29 is 19.4 Å². The SMILES string of the molecule is CCCCCCCOC[C@H]1COC[C@@H]1CC=CCCCC(=O)O. The van der Waals surface area contributed by atoms with Gasteiger partial charge in [0.15, 0.2) is 0 Å². The van der Waals surface area contributed by atoms with Gasteiger partial charge >= 0.3 is 5.97 Å². The van der Waals surface area contributed by atoms with Crippen LogP contribution in [0.4, 0.5) is 0 Å². The molecule has 0 aliphatic carbocycles. The van der Waals surface area contributed by atoms with Gasteiger partial charge in [-0.3, -0.25) is 4.79 Å². The van der Waals surface area contributed by atoms with Gasteiger partial charge in [-0.05, 0) is 31.6 Å². The summed E-state index contributed by atoms with van der Waals surface area (Å²) in [5, 5.41) is 8.59. The maximum atomic E-state index is 10.4. The standard InChI is InChI=1S/C19H34O4/c1-2-3-4-7-10-13-22-15-18-16-23-14-17(18)11-8-5-6-9-12-19(20)21/h5,8,17-18H,2-4,6-7,9-16H2,1H3,(H,20,21)/t17-,18-/m0/s1. The van der Waals surface area contributed by atoms with Gasteiger partial charge in [0.25, 0.3) is 0 Å². The zero-order chi connectivity index (χ0) is 16.8. The summed E-state index contributed by atoms with van der Waals surface area (Å²) in [5.74, 6) is 0.342. The molecule has 0 radical (unpaired) electrons. The quantitative estimate of drug-likeness (QED) is 0.379. The molecule has 2 atom stereocenters. The van der Waals surface area contributed by atoms with Crippen LogP contribution in [0.1, 0.15) is 64.7 Å². The van der Waals surface area contributed by atoms with Crippen molar-refractivity contribution in [3.63, 3.8) is 0 Å². The van der Waals surface area contributed by atoms with Gasteiger partial charge in [0.05, 0.1) is 19.8 Å². The van der Waals surface area contributed by atoms with Gasteiger partial charge in [0.2, 0.25) is 0 Å². The molecule has 1 N–H and O–H groups in total. The van der Waals surface area contributed by atoms with Crippen molar-refractivity contribution in [2.75, 3.05) is 26.4 Å². The Morgan fingerprint density at radius 2 is 1.91 bits per heavy atom. The summed E-state index contributed by atoms with van der Waals surface area (Å²) in [7, 11) is 0. The fraction of sp³-hybridized carbons (Fsp3) is 0.842. The Morgan fingerprint density at radius 1 is 1.13 bits per heavy atom. The number of hydrogen-bond donors (Lipinski definition) is 1. The first-order valence-corrected chi connectivity index (χ1v) is 9.26. The molecule has 0 saturated carbocycles. The summed E-state index contributed by atoms with van der Waals surface area (Å²) in [5.41, 5.74) is 0. The molecular formula is C19H34O4. The number of unbranched alkanes of at least 4 members (excludes halogenated alkanes) is 5. The number of allylic oxidation sites excluding steroid dienone is 2. The average molecular weight is 326 g/mol. The predicted octanol–water partition coefficient (Wildman–Crippen LogP) is 4.44. The molecule has 0 aromatic heterocycles. The van der Waals surface area contributed by atoms with E-state index in [9.17, 15) is 4.79 Å². The van der Waals surface area contributed by atoms with Crippen LogP contribution >= 0.6 is 0 Å². The molecule has 1 saturated heterocycles. The van der Waals surface area contributed by atoms with E-state index in [0.29, 0.717) is 11.8 Å². The first-order valence-electron chi connectivity index (χ1n) is 9.26. The van der Waals surface area contributed by atoms with Crippen LogP contribution < -0.4 is 0 Å². The smallest absolute Gasteiger partial charge is 0.303 e. The van der Waals surface area contributed by atoms with Crippen LogP contribution in [-0.2, 0) is 14.3 Å². The van der Waals surface area contributed by atoms with E-state index in [1.165, 1.54) is 32.1 Å². The van der Waals surface area contributed by atoms with E-state index in [1.807, 2.05) is 0 Å². The molecule has 134 valence electrons. The first-order chi connectivity index (χ1) is 11.2. The van der Waals surface area contributed by atoms with Gasteiger partial charge < -0.3 is 14.6 Å². The van der Waals surface area contributed by atoms with Crippen molar-refractivity contribution in [2.45, 2.75) is 64.7 Å². The zero-order valence-electron chi connectivity index (χ0n) is 14.7. The van der Waals surface area contributed by atoms with Crippen molar-refractivity contribution in [3.8, 4) is 0 Å². The number of hydrogen-bond acceptors (Lipinski definition) is 3. The normalized spacial score (nSPS) is 21.3. The van der Waals surface area contributed by atoms with Crippen LogP contribution in [-0.4, -0.2) is 37.5 Å². The average Bonchev–Trinajstić information content (AvgIpc) is 2.97. The monoisotopic (exact) mass is 326 g/mol. The molecule has 0 aromatic rings. The lowest BCUT2D eigenvalue weighted by molar-refractivity contribution is -0.137. The lowest BCUT2D eigenvalue weighted by Gasteiger charge is -2.16. The van der Waals surface area contributed by atoms with E-state index in [1.54, 1.807) is 0 Å². The highest BCUT2D eigenvalue weighted by Gasteiger charge is 2.27. The highest BCUT2D eigenvalue weighted by Crippen LogP contribution is 2.25. The Hall–Kier alpha value is -0.870. The van der Waals surface area contributed by atoms with Gasteiger partial charge in [-0.25, -0.2) is 0 Å². The van der Waals surface area contributed by atoms with Crippen LogP contribution in [0.2, 0.25) is 0 Å². The predicted molar refractivity (Wildman–Crippen MR) is 92.6 cm³/mol. The molecule has 0 unspecified atom stereocenters. The Bertz CT molecular complexity index is 327. The van der Waals surface area contributed by atoms with Crippen LogP contribution in [0, 0.1) is 11.8 Å². The Kier molecular flexibility index (Phi) is 11.9. The Morgan fingerprint density at radius 3 is 2.70 bits per heavy atom. The number of carbonyl (C=O) groups is 1. The fourth-order valence-corrected chi connectivity index (χ4v) is 2.89. The molecular weight excluding hydrogens is 292 g/mol. The summed E-state index contributed by atoms with van der Waals surface area (Å²) >= 11 is 0. The Labute approximate surface area is 141 Å². The van der Waals surface area contributed by atoms with Gasteiger partial charge in [0.1, 0.15) is 0 Å². The highest BCUT2D eigenvalue weighted by molar-refractivity contribution is 5.66. The fourth-order valence-electron chi connectivity index (χ4n) is 2.89. The number of aliphatic carboxylic acids is 1. The summed E-state index contributed by atoms with van der Waals surface area (Å²) in [6.45, 7) is 5.55. The first kappa shape index (κ1) is 20.2. The van der Waals surface area contributed by atoms with Crippen LogP contribution in [0.25, 0.3) is 0 Å². The third kappa shape index (κ3) is 10.5. The van der Waals surface area contributed by atoms with Crippen molar-refractivity contribution in [3.05, 3.63) is 12.2 Å². The minimum Gasteiger partial charge on any atom is -0.481 e. The van der Waals surface area contributed by atoms with Crippen molar-refractivity contribution >= 4 is 5.97 Å². The third-order valence-electron chi connectivity index (χ3n) is 4.42. The number of ether oxygens (including phenoxy) is 2. The van der Waals surface area contributed by atoms with E-state index in [4.69, 9.17) is 14.6 Å². The second-order valence-electron chi connectivity index (χ2n) is 6.54. The van der Waals surface area contributed by atoms with Crippen molar-refractivity contribution in [1.29, 1.82) is 0 Å². The van der Waals surface area contributed by atoms with Gasteiger partial charge in [-0.15, -0.1) is 0 Å². The maximum absolute atomic E-state index is 10.4. The number of rotatable bonds is 14. The molecule has 0 aromatic carbocycles. The van der Waals surface area contributed by atoms with Crippen LogP contribution in [0.5, 0.6) is 0 Å². The molecule has 1 aliphatic heterocycles. The number of carboxylic acids is 1. The van der Waals surface area contributed by atoms with Crippen LogP contribution in [0.15, 0.2) is 12.2 Å². The minimum absolute atomic E-state index is 0.256. The second-order valence-corrected chi connectivity index (χ2v) is 6.54. The zero-order valence-corrected chi connectivity index (χ0v) is 14.7. The highest BCUT2D eigenvalue weighted by atomic mass is 16.5. The van der Waals surface area contributed by atoms with E-state index < -0.39 is 5.97 Å².